The highest BCUT2D eigenvalue weighted by atomic mass is 35.5. The molecular formula is C37H45ClN8O5. The third kappa shape index (κ3) is 10.8. The largest absolute Gasteiger partial charge is 0.460 e. The van der Waals surface area contributed by atoms with Crippen LogP contribution in [0.1, 0.15) is 72.4 Å². The van der Waals surface area contributed by atoms with Crippen LogP contribution in [0.25, 0.3) is 11.0 Å². The Bertz CT molecular complexity index is 1900. The van der Waals surface area contributed by atoms with E-state index in [9.17, 15) is 19.2 Å². The molecule has 0 bridgehead atoms. The van der Waals surface area contributed by atoms with Gasteiger partial charge in [0, 0.05) is 62.8 Å². The SMILES string of the molecule is CN1CCN(CCNc2ncc3cc(C(=O)Nc4cc(C(=O)NC(CCCC(=O)OC(C)(C)C)c5ccccc5)ccc4Cl)c(=O)[nH]c3n2)CC1. The van der Waals surface area contributed by atoms with Crippen LogP contribution in [0.2, 0.25) is 5.02 Å². The summed E-state index contributed by atoms with van der Waals surface area (Å²) in [4.78, 5) is 68.2. The lowest BCUT2D eigenvalue weighted by atomic mass is 10.00. The van der Waals surface area contributed by atoms with Crippen molar-refractivity contribution >= 4 is 52.1 Å². The number of halogens is 1. The molecular weight excluding hydrogens is 672 g/mol. The number of anilines is 2. The number of pyridine rings is 1. The van der Waals surface area contributed by atoms with Gasteiger partial charge in [0.2, 0.25) is 5.95 Å². The molecule has 2 aromatic heterocycles. The molecule has 0 radical (unpaired) electrons. The van der Waals surface area contributed by atoms with E-state index in [4.69, 9.17) is 16.3 Å². The van der Waals surface area contributed by atoms with Crippen LogP contribution in [-0.2, 0) is 9.53 Å². The number of hydrogen-bond acceptors (Lipinski definition) is 10. The zero-order chi connectivity index (χ0) is 36.5. The Morgan fingerprint density at radius 2 is 1.76 bits per heavy atom. The molecule has 2 aromatic carbocycles. The second kappa shape index (κ2) is 16.9. The average molecular weight is 717 g/mol. The lowest BCUT2D eigenvalue weighted by Gasteiger charge is -2.32. The molecule has 1 unspecified atom stereocenters. The summed E-state index contributed by atoms with van der Waals surface area (Å²) in [6.07, 6.45) is 2.75. The van der Waals surface area contributed by atoms with E-state index in [0.29, 0.717) is 36.4 Å². The Balaban J connectivity index is 1.23. The van der Waals surface area contributed by atoms with Crippen LogP contribution in [0, 0.1) is 0 Å². The third-order valence-corrected chi connectivity index (χ3v) is 8.75. The first-order chi connectivity index (χ1) is 24.3. The van der Waals surface area contributed by atoms with Gasteiger partial charge in [0.25, 0.3) is 17.4 Å². The predicted molar refractivity (Wildman–Crippen MR) is 198 cm³/mol. The summed E-state index contributed by atoms with van der Waals surface area (Å²) in [5.41, 5.74) is 0.206. The first-order valence-corrected chi connectivity index (χ1v) is 17.5. The van der Waals surface area contributed by atoms with E-state index in [1.807, 2.05) is 51.1 Å². The molecule has 1 fully saturated rings. The topological polar surface area (TPSA) is 162 Å². The van der Waals surface area contributed by atoms with Gasteiger partial charge < -0.3 is 30.6 Å². The number of nitrogens with zero attached hydrogens (tertiary/aromatic N) is 4. The highest BCUT2D eigenvalue weighted by Crippen LogP contribution is 2.26. The van der Waals surface area contributed by atoms with Crippen molar-refractivity contribution < 1.29 is 19.1 Å². The number of carbonyl (C=O) groups is 3. The molecule has 0 spiro atoms. The maximum Gasteiger partial charge on any atom is 0.306 e. The molecule has 4 N–H and O–H groups in total. The highest BCUT2D eigenvalue weighted by Gasteiger charge is 2.21. The Kier molecular flexibility index (Phi) is 12.4. The number of likely N-dealkylation sites (N-methyl/N-ethyl adjacent to an activating group) is 1. The fraction of sp³-hybridized carbons (Fsp3) is 0.405. The van der Waals surface area contributed by atoms with Gasteiger partial charge in [-0.2, -0.15) is 4.98 Å². The van der Waals surface area contributed by atoms with Crippen LogP contribution in [0.5, 0.6) is 0 Å². The Hall–Kier alpha value is -4.85. The number of amides is 2. The molecule has 4 aromatic rings. The number of benzene rings is 2. The van der Waals surface area contributed by atoms with Crippen molar-refractivity contribution in [3.8, 4) is 0 Å². The standard InChI is InChI=1S/C37H45ClN8O5/c1-37(2,3)51-31(47)12-8-11-29(24-9-6-5-7-10-24)41-33(48)25-13-14-28(38)30(22-25)42-34(49)27-21-26-23-40-36(44-32(26)43-35(27)50)39-15-16-46-19-17-45(4)18-20-46/h5-7,9-10,13-14,21-23,29H,8,11-12,15-20H2,1-4H3,(H,41,48)(H,42,49)(H2,39,40,43,44,50). The molecule has 2 amide bonds. The maximum absolute atomic E-state index is 13.5. The number of carbonyl (C=O) groups excluding carboxylic acids is 3. The van der Waals surface area contributed by atoms with Gasteiger partial charge in [0.1, 0.15) is 16.8 Å². The lowest BCUT2D eigenvalue weighted by molar-refractivity contribution is -0.154. The van der Waals surface area contributed by atoms with E-state index >= 15 is 0 Å². The van der Waals surface area contributed by atoms with Gasteiger partial charge in [-0.15, -0.1) is 0 Å². The van der Waals surface area contributed by atoms with Crippen molar-refractivity contribution in [2.75, 3.05) is 56.9 Å². The molecule has 14 heteroatoms. The van der Waals surface area contributed by atoms with Gasteiger partial charge >= 0.3 is 5.97 Å². The monoisotopic (exact) mass is 716 g/mol. The molecule has 0 aliphatic carbocycles. The summed E-state index contributed by atoms with van der Waals surface area (Å²) in [5, 5.41) is 9.57. The normalized spacial score (nSPS) is 14.5. The molecule has 5 rings (SSSR count). The Morgan fingerprint density at radius 1 is 1.02 bits per heavy atom. The van der Waals surface area contributed by atoms with E-state index in [2.05, 4.69) is 47.7 Å². The number of piperazine rings is 1. The van der Waals surface area contributed by atoms with Crippen LogP contribution in [0.3, 0.4) is 0 Å². The van der Waals surface area contributed by atoms with Gasteiger partial charge in [-0.3, -0.25) is 24.1 Å². The summed E-state index contributed by atoms with van der Waals surface area (Å²) in [7, 11) is 2.12. The molecule has 1 saturated heterocycles. The quantitative estimate of drug-likeness (QED) is 0.141. The summed E-state index contributed by atoms with van der Waals surface area (Å²) >= 11 is 6.42. The van der Waals surface area contributed by atoms with Crippen molar-refractivity contribution in [2.24, 2.45) is 0 Å². The van der Waals surface area contributed by atoms with Gasteiger partial charge in [-0.05, 0) is 70.5 Å². The van der Waals surface area contributed by atoms with Crippen LogP contribution < -0.4 is 21.5 Å². The fourth-order valence-electron chi connectivity index (χ4n) is 5.69. The molecule has 1 aliphatic rings. The van der Waals surface area contributed by atoms with E-state index in [1.165, 1.54) is 18.2 Å². The van der Waals surface area contributed by atoms with Crippen molar-refractivity contribution in [1.82, 2.24) is 30.1 Å². The number of hydrogen-bond donors (Lipinski definition) is 4. The van der Waals surface area contributed by atoms with Crippen LogP contribution in [0.4, 0.5) is 11.6 Å². The van der Waals surface area contributed by atoms with E-state index in [0.717, 1.165) is 38.3 Å². The maximum atomic E-state index is 13.5. The molecule has 1 atom stereocenters. The van der Waals surface area contributed by atoms with E-state index in [1.54, 1.807) is 12.3 Å². The molecule has 1 aliphatic heterocycles. The number of ether oxygens (including phenoxy) is 1. The third-order valence-electron chi connectivity index (χ3n) is 8.42. The number of aromatic amines is 1. The summed E-state index contributed by atoms with van der Waals surface area (Å²) in [6, 6.07) is 15.0. The number of H-pyrrole nitrogens is 1. The first-order valence-electron chi connectivity index (χ1n) is 17.1. The van der Waals surface area contributed by atoms with Crippen LogP contribution in [0.15, 0.2) is 65.6 Å². The Morgan fingerprint density at radius 3 is 2.49 bits per heavy atom. The number of nitrogens with one attached hydrogen (secondary N) is 4. The lowest BCUT2D eigenvalue weighted by Crippen LogP contribution is -2.45. The minimum atomic E-state index is -0.712. The fourth-order valence-corrected chi connectivity index (χ4v) is 5.85. The molecule has 3 heterocycles. The van der Waals surface area contributed by atoms with E-state index < -0.39 is 23.0 Å². The molecule has 13 nitrogen and oxygen atoms in total. The van der Waals surface area contributed by atoms with Gasteiger partial charge in [0.05, 0.1) is 16.8 Å². The zero-order valence-corrected chi connectivity index (χ0v) is 30.2. The first kappa shape index (κ1) is 37.4. The van der Waals surface area contributed by atoms with Crippen LogP contribution in [-0.4, -0.2) is 94.5 Å². The summed E-state index contributed by atoms with van der Waals surface area (Å²) < 4.78 is 5.42. The molecule has 270 valence electrons. The van der Waals surface area contributed by atoms with Gasteiger partial charge in [-0.1, -0.05) is 41.9 Å². The summed E-state index contributed by atoms with van der Waals surface area (Å²) in [5.74, 6) is -1.03. The second-order valence-corrected chi connectivity index (χ2v) is 14.1. The second-order valence-electron chi connectivity index (χ2n) is 13.6. The molecule has 0 saturated carbocycles. The smallest absolute Gasteiger partial charge is 0.306 e. The van der Waals surface area contributed by atoms with Gasteiger partial charge in [-0.25, -0.2) is 4.98 Å². The Labute approximate surface area is 302 Å². The van der Waals surface area contributed by atoms with Crippen LogP contribution >= 0.6 is 11.6 Å². The molecule has 51 heavy (non-hydrogen) atoms. The van der Waals surface area contributed by atoms with Crippen molar-refractivity contribution in [2.45, 2.75) is 51.7 Å². The number of aromatic nitrogens is 3. The zero-order valence-electron chi connectivity index (χ0n) is 29.4. The minimum Gasteiger partial charge on any atom is -0.460 e. The average Bonchev–Trinajstić information content (AvgIpc) is 3.08. The minimum absolute atomic E-state index is 0.158. The number of rotatable bonds is 13. The van der Waals surface area contributed by atoms with Crippen molar-refractivity contribution in [3.63, 3.8) is 0 Å². The summed E-state index contributed by atoms with van der Waals surface area (Å²) in [6.45, 7) is 11.0. The van der Waals surface area contributed by atoms with Crippen molar-refractivity contribution in [3.05, 3.63) is 92.9 Å². The number of fused-ring (bicyclic) bond motifs is 1. The highest BCUT2D eigenvalue weighted by molar-refractivity contribution is 6.34. The predicted octanol–water partition coefficient (Wildman–Crippen LogP) is 4.87. The van der Waals surface area contributed by atoms with Gasteiger partial charge in [0.15, 0.2) is 0 Å². The van der Waals surface area contributed by atoms with E-state index in [-0.39, 0.29) is 40.3 Å². The van der Waals surface area contributed by atoms with Crippen molar-refractivity contribution in [1.29, 1.82) is 0 Å². The number of esters is 1.